The third kappa shape index (κ3) is 2.30. The van der Waals surface area contributed by atoms with E-state index in [1.54, 1.807) is 11.0 Å². The molecule has 2 aromatic heterocycles. The van der Waals surface area contributed by atoms with E-state index in [2.05, 4.69) is 20.1 Å². The van der Waals surface area contributed by atoms with Crippen molar-refractivity contribution in [2.45, 2.75) is 38.4 Å². The van der Waals surface area contributed by atoms with Crippen LogP contribution >= 0.6 is 0 Å². The summed E-state index contributed by atoms with van der Waals surface area (Å²) in [5, 5.41) is 4.02. The first-order valence-corrected chi connectivity index (χ1v) is 6.43. The Bertz CT molecular complexity index is 587. The summed E-state index contributed by atoms with van der Waals surface area (Å²) in [6.07, 6.45) is -0.710. The first-order chi connectivity index (χ1) is 9.45. The topological polar surface area (TPSA) is 59.4 Å². The molecular weight excluding hydrogens is 271 g/mol. The second-order valence-electron chi connectivity index (χ2n) is 5.08. The van der Waals surface area contributed by atoms with Crippen LogP contribution in [0.15, 0.2) is 12.7 Å². The quantitative estimate of drug-likeness (QED) is 0.921. The molecule has 0 saturated heterocycles. The van der Waals surface area contributed by atoms with Crippen molar-refractivity contribution in [3.8, 4) is 0 Å². The Labute approximate surface area is 113 Å². The van der Waals surface area contributed by atoms with E-state index < -0.39 is 12.1 Å². The molecule has 3 rings (SSSR count). The molecule has 1 aliphatic carbocycles. The van der Waals surface area contributed by atoms with Gasteiger partial charge in [0.15, 0.2) is 0 Å². The van der Waals surface area contributed by atoms with Crippen LogP contribution in [0.4, 0.5) is 13.2 Å². The standard InChI is InChI=1S/C12H14F3N5/c1-7(20-6-16-5-17-20)11-18-9-3-2-8(12(13,14)15)4-10(9)19-11/h5-8H,2-4H2,1H3,(H,18,19). The molecule has 0 bridgehead atoms. The van der Waals surface area contributed by atoms with Crippen LogP contribution in [0.25, 0.3) is 0 Å². The minimum absolute atomic E-state index is 0.0179. The third-order valence-electron chi connectivity index (χ3n) is 3.75. The van der Waals surface area contributed by atoms with Crippen molar-refractivity contribution < 1.29 is 13.2 Å². The summed E-state index contributed by atoms with van der Waals surface area (Å²) >= 11 is 0. The van der Waals surface area contributed by atoms with Gasteiger partial charge in [0, 0.05) is 12.1 Å². The monoisotopic (exact) mass is 285 g/mol. The Morgan fingerprint density at radius 1 is 1.45 bits per heavy atom. The van der Waals surface area contributed by atoms with Gasteiger partial charge in [-0.25, -0.2) is 14.6 Å². The summed E-state index contributed by atoms with van der Waals surface area (Å²) in [5.74, 6) is -0.645. The number of hydrogen-bond acceptors (Lipinski definition) is 3. The average molecular weight is 285 g/mol. The van der Waals surface area contributed by atoms with E-state index in [1.165, 1.54) is 6.33 Å². The van der Waals surface area contributed by atoms with Crippen molar-refractivity contribution in [2.24, 2.45) is 5.92 Å². The van der Waals surface area contributed by atoms with Gasteiger partial charge in [-0.05, 0) is 19.8 Å². The Balaban J connectivity index is 1.84. The van der Waals surface area contributed by atoms with Crippen molar-refractivity contribution >= 4 is 0 Å². The summed E-state index contributed by atoms with van der Waals surface area (Å²) in [6.45, 7) is 1.88. The summed E-state index contributed by atoms with van der Waals surface area (Å²) in [5.41, 5.74) is 1.34. The Hall–Kier alpha value is -1.86. The van der Waals surface area contributed by atoms with Crippen LogP contribution in [-0.4, -0.2) is 30.9 Å². The fourth-order valence-electron chi connectivity index (χ4n) is 2.52. The molecule has 0 saturated carbocycles. The minimum atomic E-state index is -4.14. The largest absolute Gasteiger partial charge is 0.392 e. The molecule has 0 fully saturated rings. The molecule has 108 valence electrons. The molecule has 0 spiro atoms. The van der Waals surface area contributed by atoms with Crippen LogP contribution in [-0.2, 0) is 12.8 Å². The van der Waals surface area contributed by atoms with Gasteiger partial charge in [-0.1, -0.05) is 0 Å². The van der Waals surface area contributed by atoms with Crippen molar-refractivity contribution in [1.82, 2.24) is 24.7 Å². The van der Waals surface area contributed by atoms with E-state index in [4.69, 9.17) is 0 Å². The van der Waals surface area contributed by atoms with Crippen LogP contribution in [0.5, 0.6) is 0 Å². The summed E-state index contributed by atoms with van der Waals surface area (Å²) < 4.78 is 39.9. The van der Waals surface area contributed by atoms with Crippen molar-refractivity contribution in [1.29, 1.82) is 0 Å². The van der Waals surface area contributed by atoms with Crippen LogP contribution < -0.4 is 0 Å². The molecule has 2 atom stereocenters. The van der Waals surface area contributed by atoms with Crippen LogP contribution in [0.1, 0.15) is 36.6 Å². The SMILES string of the molecule is CC(c1nc2c([nH]1)CC(C(F)(F)F)CC2)n1cncn1. The number of nitrogens with zero attached hydrogens (tertiary/aromatic N) is 4. The molecule has 5 nitrogen and oxygen atoms in total. The highest BCUT2D eigenvalue weighted by Crippen LogP contribution is 2.36. The lowest BCUT2D eigenvalue weighted by Gasteiger charge is -2.23. The molecule has 1 aliphatic rings. The number of aromatic nitrogens is 5. The lowest BCUT2D eigenvalue weighted by atomic mass is 9.89. The van der Waals surface area contributed by atoms with E-state index in [1.807, 2.05) is 6.92 Å². The summed E-state index contributed by atoms with van der Waals surface area (Å²) in [7, 11) is 0. The molecule has 0 aromatic carbocycles. The Kier molecular flexibility index (Phi) is 3.02. The maximum absolute atomic E-state index is 12.8. The van der Waals surface area contributed by atoms with Gasteiger partial charge in [-0.2, -0.15) is 18.3 Å². The molecule has 2 heterocycles. The number of hydrogen-bond donors (Lipinski definition) is 1. The van der Waals surface area contributed by atoms with Crippen LogP contribution in [0, 0.1) is 5.92 Å². The number of rotatable bonds is 2. The molecular formula is C12H14F3N5. The second kappa shape index (κ2) is 4.60. The molecule has 0 aliphatic heterocycles. The van der Waals surface area contributed by atoms with Gasteiger partial charge in [-0.15, -0.1) is 0 Å². The van der Waals surface area contributed by atoms with Crippen molar-refractivity contribution in [3.05, 3.63) is 29.9 Å². The smallest absolute Gasteiger partial charge is 0.344 e. The van der Waals surface area contributed by atoms with E-state index in [9.17, 15) is 13.2 Å². The van der Waals surface area contributed by atoms with Gasteiger partial charge in [0.1, 0.15) is 24.5 Å². The number of halogens is 3. The molecule has 2 aromatic rings. The molecule has 8 heteroatoms. The van der Waals surface area contributed by atoms with Gasteiger partial charge < -0.3 is 4.98 Å². The zero-order chi connectivity index (χ0) is 14.3. The fourth-order valence-corrected chi connectivity index (χ4v) is 2.52. The summed E-state index contributed by atoms with van der Waals surface area (Å²) in [4.78, 5) is 11.3. The van der Waals surface area contributed by atoms with Gasteiger partial charge in [0.25, 0.3) is 0 Å². The van der Waals surface area contributed by atoms with Crippen LogP contribution in [0.2, 0.25) is 0 Å². The second-order valence-corrected chi connectivity index (χ2v) is 5.08. The number of imidazole rings is 1. The number of alkyl halides is 3. The van der Waals surface area contributed by atoms with E-state index in [0.29, 0.717) is 17.9 Å². The number of H-pyrrole nitrogens is 1. The minimum Gasteiger partial charge on any atom is -0.344 e. The van der Waals surface area contributed by atoms with Crippen molar-refractivity contribution in [2.75, 3.05) is 0 Å². The molecule has 0 radical (unpaired) electrons. The first-order valence-electron chi connectivity index (χ1n) is 6.43. The number of nitrogens with one attached hydrogen (secondary N) is 1. The van der Waals surface area contributed by atoms with E-state index in [-0.39, 0.29) is 18.9 Å². The zero-order valence-electron chi connectivity index (χ0n) is 10.9. The van der Waals surface area contributed by atoms with Crippen LogP contribution in [0.3, 0.4) is 0 Å². The lowest BCUT2D eigenvalue weighted by molar-refractivity contribution is -0.177. The third-order valence-corrected chi connectivity index (χ3v) is 3.75. The lowest BCUT2D eigenvalue weighted by Crippen LogP contribution is -2.28. The van der Waals surface area contributed by atoms with Gasteiger partial charge in [0.05, 0.1) is 11.6 Å². The Morgan fingerprint density at radius 2 is 2.25 bits per heavy atom. The molecule has 2 unspecified atom stereocenters. The van der Waals surface area contributed by atoms with Gasteiger partial charge in [-0.3, -0.25) is 0 Å². The predicted octanol–water partition coefficient (Wildman–Crippen LogP) is 2.28. The summed E-state index contributed by atoms with van der Waals surface area (Å²) in [6, 6.07) is -0.174. The number of aromatic amines is 1. The van der Waals surface area contributed by atoms with Crippen molar-refractivity contribution in [3.63, 3.8) is 0 Å². The first kappa shape index (κ1) is 13.1. The highest BCUT2D eigenvalue weighted by molar-refractivity contribution is 5.20. The van der Waals surface area contributed by atoms with Gasteiger partial charge >= 0.3 is 6.18 Å². The molecule has 1 N–H and O–H groups in total. The predicted molar refractivity (Wildman–Crippen MR) is 64.0 cm³/mol. The zero-order valence-corrected chi connectivity index (χ0v) is 10.9. The van der Waals surface area contributed by atoms with E-state index in [0.717, 1.165) is 5.69 Å². The number of fused-ring (bicyclic) bond motifs is 1. The van der Waals surface area contributed by atoms with E-state index >= 15 is 0 Å². The average Bonchev–Trinajstić information content (AvgIpc) is 3.05. The Morgan fingerprint density at radius 3 is 2.90 bits per heavy atom. The normalized spacial score (nSPS) is 20.7. The highest BCUT2D eigenvalue weighted by Gasteiger charge is 2.42. The number of aryl methyl sites for hydroxylation is 1. The molecule has 0 amide bonds. The maximum Gasteiger partial charge on any atom is 0.392 e. The molecule has 20 heavy (non-hydrogen) atoms. The fraction of sp³-hybridized carbons (Fsp3) is 0.583. The van der Waals surface area contributed by atoms with Gasteiger partial charge in [0.2, 0.25) is 0 Å². The maximum atomic E-state index is 12.8. The highest BCUT2D eigenvalue weighted by atomic mass is 19.4.